The molecule has 0 saturated heterocycles. The van der Waals surface area contributed by atoms with E-state index in [1.54, 1.807) is 6.07 Å². The predicted octanol–water partition coefficient (Wildman–Crippen LogP) is 7.67. The standard InChI is InChI=1S/C24H15BrF3N3/c25-17-9-10-20-18(12-17)19(13-29-20)23-30-21(14-5-2-1-3-6-14)22(31-23)15-7-4-8-16(11-15)24(26,27)28/h1-13,29H,(H,30,31). The first-order chi connectivity index (χ1) is 14.9. The van der Waals surface area contributed by atoms with Crippen molar-refractivity contribution >= 4 is 26.8 Å². The maximum atomic E-state index is 13.3. The van der Waals surface area contributed by atoms with Crippen molar-refractivity contribution in [2.45, 2.75) is 6.18 Å². The van der Waals surface area contributed by atoms with Crippen LogP contribution in [0.15, 0.2) is 83.5 Å². The second-order valence-corrected chi connectivity index (χ2v) is 8.06. The third-order valence-electron chi connectivity index (χ3n) is 5.13. The van der Waals surface area contributed by atoms with Crippen molar-refractivity contribution in [2.75, 3.05) is 0 Å². The van der Waals surface area contributed by atoms with Crippen LogP contribution >= 0.6 is 15.9 Å². The number of benzene rings is 3. The van der Waals surface area contributed by atoms with Crippen LogP contribution < -0.4 is 0 Å². The SMILES string of the molecule is FC(F)(F)c1cccc(-c2nc(-c3c[nH]c4ccc(Br)cc34)[nH]c2-c2ccccc2)c1. The van der Waals surface area contributed by atoms with Crippen LogP contribution in [0, 0.1) is 0 Å². The molecule has 2 aromatic heterocycles. The number of hydrogen-bond donors (Lipinski definition) is 2. The van der Waals surface area contributed by atoms with Gasteiger partial charge in [0.1, 0.15) is 5.82 Å². The van der Waals surface area contributed by atoms with Gasteiger partial charge >= 0.3 is 6.18 Å². The van der Waals surface area contributed by atoms with Crippen LogP contribution in [0.5, 0.6) is 0 Å². The molecule has 0 aliphatic rings. The van der Waals surface area contributed by atoms with E-state index >= 15 is 0 Å². The van der Waals surface area contributed by atoms with Gasteiger partial charge in [-0.3, -0.25) is 0 Å². The summed E-state index contributed by atoms with van der Waals surface area (Å²) >= 11 is 3.49. The number of nitrogens with zero attached hydrogens (tertiary/aromatic N) is 1. The molecule has 3 nitrogen and oxygen atoms in total. The molecule has 5 rings (SSSR count). The number of rotatable bonds is 3. The second-order valence-electron chi connectivity index (χ2n) is 7.15. The number of aromatic amines is 2. The molecule has 0 bridgehead atoms. The summed E-state index contributed by atoms with van der Waals surface area (Å²) in [6.45, 7) is 0. The number of alkyl halides is 3. The highest BCUT2D eigenvalue weighted by atomic mass is 79.9. The van der Waals surface area contributed by atoms with E-state index in [2.05, 4.69) is 25.9 Å². The molecule has 0 amide bonds. The molecular formula is C24H15BrF3N3. The van der Waals surface area contributed by atoms with Gasteiger partial charge in [-0.1, -0.05) is 58.4 Å². The molecule has 0 spiro atoms. The lowest BCUT2D eigenvalue weighted by molar-refractivity contribution is -0.137. The lowest BCUT2D eigenvalue weighted by atomic mass is 10.0. The van der Waals surface area contributed by atoms with Crippen molar-refractivity contribution in [3.8, 4) is 33.9 Å². The van der Waals surface area contributed by atoms with Crippen LogP contribution in [0.2, 0.25) is 0 Å². The van der Waals surface area contributed by atoms with E-state index in [9.17, 15) is 13.2 Å². The Bertz CT molecular complexity index is 1380. The Balaban J connectivity index is 1.73. The van der Waals surface area contributed by atoms with Crippen molar-refractivity contribution in [2.24, 2.45) is 0 Å². The highest BCUT2D eigenvalue weighted by molar-refractivity contribution is 9.10. The molecule has 2 heterocycles. The molecular weight excluding hydrogens is 467 g/mol. The number of H-pyrrole nitrogens is 2. The van der Waals surface area contributed by atoms with Crippen molar-refractivity contribution in [3.63, 3.8) is 0 Å². The molecule has 0 aliphatic carbocycles. The van der Waals surface area contributed by atoms with Crippen LogP contribution in [-0.2, 0) is 6.18 Å². The summed E-state index contributed by atoms with van der Waals surface area (Å²) in [4.78, 5) is 11.3. The smallest absolute Gasteiger partial charge is 0.360 e. The zero-order chi connectivity index (χ0) is 21.6. The maximum Gasteiger partial charge on any atom is 0.416 e. The van der Waals surface area contributed by atoms with Gasteiger partial charge in [-0.05, 0) is 30.3 Å². The number of imidazole rings is 1. The third kappa shape index (κ3) is 3.65. The predicted molar refractivity (Wildman–Crippen MR) is 119 cm³/mol. The second kappa shape index (κ2) is 7.42. The first-order valence-electron chi connectivity index (χ1n) is 9.50. The van der Waals surface area contributed by atoms with Crippen molar-refractivity contribution in [1.82, 2.24) is 15.0 Å². The Morgan fingerprint density at radius 2 is 1.61 bits per heavy atom. The number of fused-ring (bicyclic) bond motifs is 1. The monoisotopic (exact) mass is 481 g/mol. The summed E-state index contributed by atoms with van der Waals surface area (Å²) in [7, 11) is 0. The molecule has 0 aliphatic heterocycles. The van der Waals surface area contributed by atoms with Crippen molar-refractivity contribution in [1.29, 1.82) is 0 Å². The number of hydrogen-bond acceptors (Lipinski definition) is 1. The van der Waals surface area contributed by atoms with E-state index in [-0.39, 0.29) is 0 Å². The Morgan fingerprint density at radius 3 is 2.39 bits per heavy atom. The number of halogens is 4. The van der Waals surface area contributed by atoms with Gasteiger partial charge in [0.05, 0.1) is 17.0 Å². The minimum Gasteiger partial charge on any atom is -0.360 e. The van der Waals surface area contributed by atoms with Gasteiger partial charge in [0.25, 0.3) is 0 Å². The highest BCUT2D eigenvalue weighted by Gasteiger charge is 2.31. The molecule has 0 atom stereocenters. The largest absolute Gasteiger partial charge is 0.416 e. The minimum absolute atomic E-state index is 0.400. The Kier molecular flexibility index (Phi) is 4.70. The van der Waals surface area contributed by atoms with E-state index in [1.807, 2.05) is 54.7 Å². The summed E-state index contributed by atoms with van der Waals surface area (Å²) in [5.74, 6) is 0.579. The van der Waals surface area contributed by atoms with Gasteiger partial charge in [0.2, 0.25) is 0 Å². The Morgan fingerprint density at radius 1 is 0.839 bits per heavy atom. The summed E-state index contributed by atoms with van der Waals surface area (Å²) in [5, 5.41) is 0.957. The highest BCUT2D eigenvalue weighted by Crippen LogP contribution is 2.38. The number of aromatic nitrogens is 3. The first-order valence-corrected chi connectivity index (χ1v) is 10.3. The van der Waals surface area contributed by atoms with Crippen LogP contribution in [-0.4, -0.2) is 15.0 Å². The minimum atomic E-state index is -4.43. The average molecular weight is 482 g/mol. The van der Waals surface area contributed by atoms with Gasteiger partial charge < -0.3 is 9.97 Å². The summed E-state index contributed by atoms with van der Waals surface area (Å²) in [6.07, 6.45) is -2.58. The molecule has 2 N–H and O–H groups in total. The Labute approximate surface area is 184 Å². The lowest BCUT2D eigenvalue weighted by Gasteiger charge is -2.08. The Hall–Kier alpha value is -3.32. The number of nitrogens with one attached hydrogen (secondary N) is 2. The fourth-order valence-electron chi connectivity index (χ4n) is 3.65. The molecule has 0 unspecified atom stereocenters. The molecule has 0 fully saturated rings. The van der Waals surface area contributed by atoms with Gasteiger partial charge in [0, 0.05) is 38.3 Å². The van der Waals surface area contributed by atoms with E-state index in [4.69, 9.17) is 4.98 Å². The fraction of sp³-hybridized carbons (Fsp3) is 0.0417. The molecule has 0 radical (unpaired) electrons. The van der Waals surface area contributed by atoms with Gasteiger partial charge in [-0.25, -0.2) is 4.98 Å². The first kappa shape index (κ1) is 19.6. The van der Waals surface area contributed by atoms with E-state index in [1.165, 1.54) is 6.07 Å². The van der Waals surface area contributed by atoms with Gasteiger partial charge in [0.15, 0.2) is 0 Å². The fourth-order valence-corrected chi connectivity index (χ4v) is 4.02. The zero-order valence-corrected chi connectivity index (χ0v) is 17.6. The summed E-state index contributed by atoms with van der Waals surface area (Å²) in [6, 6.07) is 20.6. The quantitative estimate of drug-likeness (QED) is 0.272. The summed E-state index contributed by atoms with van der Waals surface area (Å²) < 4.78 is 40.9. The van der Waals surface area contributed by atoms with Gasteiger partial charge in [-0.2, -0.15) is 13.2 Å². The third-order valence-corrected chi connectivity index (χ3v) is 5.62. The van der Waals surface area contributed by atoms with E-state index < -0.39 is 11.7 Å². The average Bonchev–Trinajstić information content (AvgIpc) is 3.38. The van der Waals surface area contributed by atoms with Crippen LogP contribution in [0.3, 0.4) is 0 Å². The molecule has 154 valence electrons. The molecule has 0 saturated carbocycles. The van der Waals surface area contributed by atoms with Crippen LogP contribution in [0.1, 0.15) is 5.56 Å². The zero-order valence-electron chi connectivity index (χ0n) is 16.0. The van der Waals surface area contributed by atoms with Crippen molar-refractivity contribution < 1.29 is 13.2 Å². The van der Waals surface area contributed by atoms with Crippen molar-refractivity contribution in [3.05, 3.63) is 89.0 Å². The normalized spacial score (nSPS) is 11.9. The van der Waals surface area contributed by atoms with Crippen LogP contribution in [0.4, 0.5) is 13.2 Å². The van der Waals surface area contributed by atoms with Crippen LogP contribution in [0.25, 0.3) is 44.8 Å². The molecule has 3 aromatic carbocycles. The van der Waals surface area contributed by atoms with E-state index in [0.29, 0.717) is 22.8 Å². The molecule has 5 aromatic rings. The topological polar surface area (TPSA) is 44.5 Å². The molecule has 7 heteroatoms. The van der Waals surface area contributed by atoms with E-state index in [0.717, 1.165) is 38.6 Å². The lowest BCUT2D eigenvalue weighted by Crippen LogP contribution is -2.04. The summed E-state index contributed by atoms with van der Waals surface area (Å²) in [5.41, 5.74) is 3.45. The molecule has 31 heavy (non-hydrogen) atoms. The van der Waals surface area contributed by atoms with Gasteiger partial charge in [-0.15, -0.1) is 0 Å². The maximum absolute atomic E-state index is 13.3.